The molecule has 0 atom stereocenters. The molecule has 106 valence electrons. The third-order valence-electron chi connectivity index (χ3n) is 3.03. The normalized spacial score (nSPS) is 17.8. The van der Waals surface area contributed by atoms with Crippen molar-refractivity contribution in [3.05, 3.63) is 17.0 Å². The molecule has 1 saturated carbocycles. The highest BCUT2D eigenvalue weighted by atomic mass is 32.2. The topological polar surface area (TPSA) is 111 Å². The molecule has 8 heteroatoms. The van der Waals surface area contributed by atoms with E-state index in [2.05, 4.69) is 10.3 Å². The maximum Gasteiger partial charge on any atom is 0.247 e. The molecule has 0 aromatic carbocycles. The lowest BCUT2D eigenvalue weighted by molar-refractivity contribution is 0.600. The minimum atomic E-state index is -3.62. The zero-order valence-electron chi connectivity index (χ0n) is 10.5. The highest BCUT2D eigenvalue weighted by Crippen LogP contribution is 2.21. The largest absolute Gasteiger partial charge is 0.370 e. The second-order valence-corrected chi connectivity index (χ2v) is 7.55. The van der Waals surface area contributed by atoms with Gasteiger partial charge >= 0.3 is 0 Å². The maximum atomic E-state index is 11.1. The summed E-state index contributed by atoms with van der Waals surface area (Å²) in [5.41, 5.74) is 5.79. The Hall–Kier alpha value is -1.12. The lowest BCUT2D eigenvalue weighted by atomic mass is 10.2. The van der Waals surface area contributed by atoms with Crippen molar-refractivity contribution in [2.75, 3.05) is 0 Å². The van der Waals surface area contributed by atoms with E-state index >= 15 is 0 Å². The summed E-state index contributed by atoms with van der Waals surface area (Å²) in [5.74, 6) is 0.414. The molecular formula is C11H18N4O2S2. The van der Waals surface area contributed by atoms with Crippen LogP contribution in [0.4, 0.5) is 0 Å². The van der Waals surface area contributed by atoms with E-state index in [9.17, 15) is 8.42 Å². The van der Waals surface area contributed by atoms with Crippen LogP contribution in [-0.4, -0.2) is 20.4 Å². The second-order valence-electron chi connectivity index (χ2n) is 4.59. The van der Waals surface area contributed by atoms with E-state index in [0.29, 0.717) is 18.5 Å². The predicted molar refractivity (Wildman–Crippen MR) is 76.4 cm³/mol. The van der Waals surface area contributed by atoms with E-state index in [4.69, 9.17) is 10.9 Å². The summed E-state index contributed by atoms with van der Waals surface area (Å²) in [6.45, 7) is 0.367. The molecule has 19 heavy (non-hydrogen) atoms. The summed E-state index contributed by atoms with van der Waals surface area (Å²) in [7, 11) is -3.62. The van der Waals surface area contributed by atoms with Crippen molar-refractivity contribution in [1.29, 1.82) is 0 Å². The minimum Gasteiger partial charge on any atom is -0.370 e. The van der Waals surface area contributed by atoms with Crippen LogP contribution in [-0.2, 0) is 16.6 Å². The molecule has 1 heterocycles. The molecule has 0 amide bonds. The first-order valence-electron chi connectivity index (χ1n) is 6.13. The third-order valence-corrected chi connectivity index (χ3v) is 5.54. The SMILES string of the molecule is NC(=NCc1ccc(S(N)(=O)=O)s1)NC1CCCC1. The van der Waals surface area contributed by atoms with E-state index < -0.39 is 10.0 Å². The molecule has 0 bridgehead atoms. The molecule has 0 spiro atoms. The zero-order chi connectivity index (χ0) is 13.9. The number of nitrogens with two attached hydrogens (primary N) is 2. The molecule has 1 fully saturated rings. The Labute approximate surface area is 117 Å². The third kappa shape index (κ3) is 4.19. The van der Waals surface area contributed by atoms with Crippen molar-refractivity contribution in [2.24, 2.45) is 15.9 Å². The Balaban J connectivity index is 1.92. The molecule has 1 aromatic rings. The van der Waals surface area contributed by atoms with Crippen LogP contribution in [0.2, 0.25) is 0 Å². The Bertz CT molecular complexity index is 559. The van der Waals surface area contributed by atoms with Crippen LogP contribution < -0.4 is 16.2 Å². The van der Waals surface area contributed by atoms with Gasteiger partial charge in [0.15, 0.2) is 5.96 Å². The van der Waals surface area contributed by atoms with E-state index in [-0.39, 0.29) is 4.21 Å². The fourth-order valence-corrected chi connectivity index (χ4v) is 3.79. The predicted octanol–water partition coefficient (Wildman–Crippen LogP) is 0.742. The summed E-state index contributed by atoms with van der Waals surface area (Å²) >= 11 is 1.12. The minimum absolute atomic E-state index is 0.153. The van der Waals surface area contributed by atoms with Crippen LogP contribution in [0.25, 0.3) is 0 Å². The van der Waals surface area contributed by atoms with Gasteiger partial charge in [0.2, 0.25) is 10.0 Å². The Morgan fingerprint density at radius 3 is 2.68 bits per heavy atom. The fourth-order valence-electron chi connectivity index (χ4n) is 2.08. The Morgan fingerprint density at radius 2 is 2.11 bits per heavy atom. The van der Waals surface area contributed by atoms with E-state index in [1.165, 1.54) is 18.9 Å². The first-order valence-corrected chi connectivity index (χ1v) is 8.49. The van der Waals surface area contributed by atoms with Gasteiger partial charge in [-0.1, -0.05) is 12.8 Å². The second kappa shape index (κ2) is 5.89. The Morgan fingerprint density at radius 1 is 1.42 bits per heavy atom. The summed E-state index contributed by atoms with van der Waals surface area (Å²) in [4.78, 5) is 5.03. The molecule has 0 unspecified atom stereocenters. The number of nitrogens with zero attached hydrogens (tertiary/aromatic N) is 1. The van der Waals surface area contributed by atoms with Crippen molar-refractivity contribution in [3.8, 4) is 0 Å². The Kier molecular flexibility index (Phi) is 4.43. The number of hydrogen-bond acceptors (Lipinski definition) is 4. The molecule has 1 aliphatic carbocycles. The fraction of sp³-hybridized carbons (Fsp3) is 0.545. The summed E-state index contributed by atoms with van der Waals surface area (Å²) in [6, 6.07) is 3.62. The van der Waals surface area contributed by atoms with Crippen LogP contribution in [0.3, 0.4) is 0 Å². The smallest absolute Gasteiger partial charge is 0.247 e. The molecule has 2 rings (SSSR count). The van der Waals surface area contributed by atoms with Gasteiger partial charge in [0.25, 0.3) is 0 Å². The molecule has 1 aliphatic rings. The van der Waals surface area contributed by atoms with Gasteiger partial charge in [-0.05, 0) is 25.0 Å². The quantitative estimate of drug-likeness (QED) is 0.562. The van der Waals surface area contributed by atoms with Crippen molar-refractivity contribution in [1.82, 2.24) is 5.32 Å². The lowest BCUT2D eigenvalue weighted by Crippen LogP contribution is -2.38. The van der Waals surface area contributed by atoms with Crippen molar-refractivity contribution in [3.63, 3.8) is 0 Å². The number of thiophene rings is 1. The van der Waals surface area contributed by atoms with Crippen LogP contribution in [0, 0.1) is 0 Å². The van der Waals surface area contributed by atoms with Crippen LogP contribution in [0.5, 0.6) is 0 Å². The standard InChI is InChI=1S/C11H18N4O2S2/c12-11(15-8-3-1-2-4-8)14-7-9-5-6-10(18-9)19(13,16)17/h5-6,8H,1-4,7H2,(H3,12,14,15)(H2,13,16,17). The maximum absolute atomic E-state index is 11.1. The first-order chi connectivity index (χ1) is 8.95. The zero-order valence-corrected chi connectivity index (χ0v) is 12.1. The molecule has 0 radical (unpaired) electrons. The average molecular weight is 302 g/mol. The number of hydrogen-bond donors (Lipinski definition) is 3. The highest BCUT2D eigenvalue weighted by molar-refractivity contribution is 7.91. The van der Waals surface area contributed by atoms with Gasteiger partial charge in [-0.15, -0.1) is 11.3 Å². The monoisotopic (exact) mass is 302 g/mol. The van der Waals surface area contributed by atoms with E-state index in [1.54, 1.807) is 6.07 Å². The van der Waals surface area contributed by atoms with Gasteiger partial charge < -0.3 is 11.1 Å². The van der Waals surface area contributed by atoms with E-state index in [0.717, 1.165) is 29.1 Å². The summed E-state index contributed by atoms with van der Waals surface area (Å²) in [5, 5.41) is 8.22. The van der Waals surface area contributed by atoms with E-state index in [1.807, 2.05) is 0 Å². The van der Waals surface area contributed by atoms with Crippen molar-refractivity contribution >= 4 is 27.3 Å². The molecule has 0 saturated heterocycles. The van der Waals surface area contributed by atoms with Crippen LogP contribution >= 0.6 is 11.3 Å². The number of primary sulfonamides is 1. The highest BCUT2D eigenvalue weighted by Gasteiger charge is 2.15. The summed E-state index contributed by atoms with van der Waals surface area (Å²) < 4.78 is 22.4. The number of aliphatic imine (C=N–C) groups is 1. The molecule has 1 aromatic heterocycles. The molecule has 6 nitrogen and oxygen atoms in total. The molecule has 5 N–H and O–H groups in total. The van der Waals surface area contributed by atoms with Crippen LogP contribution in [0.1, 0.15) is 30.6 Å². The van der Waals surface area contributed by atoms with Gasteiger partial charge in [-0.2, -0.15) is 0 Å². The van der Waals surface area contributed by atoms with Gasteiger partial charge in [-0.3, -0.25) is 0 Å². The molecule has 0 aliphatic heterocycles. The van der Waals surface area contributed by atoms with Crippen molar-refractivity contribution in [2.45, 2.75) is 42.5 Å². The van der Waals surface area contributed by atoms with Gasteiger partial charge in [0.1, 0.15) is 4.21 Å². The average Bonchev–Trinajstić information content (AvgIpc) is 2.95. The van der Waals surface area contributed by atoms with Crippen LogP contribution in [0.15, 0.2) is 21.3 Å². The molecular weight excluding hydrogens is 284 g/mol. The number of sulfonamides is 1. The number of nitrogens with one attached hydrogen (secondary N) is 1. The number of guanidine groups is 1. The van der Waals surface area contributed by atoms with Gasteiger partial charge in [-0.25, -0.2) is 18.5 Å². The van der Waals surface area contributed by atoms with Gasteiger partial charge in [0, 0.05) is 10.9 Å². The van der Waals surface area contributed by atoms with Crippen molar-refractivity contribution < 1.29 is 8.42 Å². The first kappa shape index (κ1) is 14.3. The lowest BCUT2D eigenvalue weighted by Gasteiger charge is -2.11. The van der Waals surface area contributed by atoms with Gasteiger partial charge in [0.05, 0.1) is 6.54 Å². The summed E-state index contributed by atoms with van der Waals surface area (Å²) in [6.07, 6.45) is 4.72. The number of rotatable bonds is 4.